The Kier molecular flexibility index (Phi) is 14.2. The van der Waals surface area contributed by atoms with E-state index in [-0.39, 0.29) is 13.2 Å². The molecule has 6 nitrogen and oxygen atoms in total. The molecule has 2 atom stereocenters. The van der Waals surface area contributed by atoms with E-state index in [9.17, 15) is 9.59 Å². The van der Waals surface area contributed by atoms with E-state index in [1.54, 1.807) is 0 Å². The summed E-state index contributed by atoms with van der Waals surface area (Å²) in [5.41, 5.74) is 4.35. The van der Waals surface area contributed by atoms with Gasteiger partial charge in [-0.2, -0.15) is 0 Å². The first kappa shape index (κ1) is 34.2. The summed E-state index contributed by atoms with van der Waals surface area (Å²) in [6.45, 7) is 6.92. The Labute approximate surface area is 265 Å². The van der Waals surface area contributed by atoms with Crippen LogP contribution in [0.3, 0.4) is 0 Å². The normalized spacial score (nSPS) is 23.4. The second-order valence-corrected chi connectivity index (χ2v) is 12.7. The summed E-state index contributed by atoms with van der Waals surface area (Å²) in [6.07, 6.45) is 13.8. The fraction of sp³-hybridized carbons (Fsp3) is 0.632. The average molecular weight is 607 g/mol. The standard InChI is InChI=1S/C38H54O6/c1-4-7-26-41-36(39)34-35(37(40)42-27-8-5-2)44-38(43-34)33-24-22-32(23-25-33)31-20-18-30(19-21-31)13-10-9-12-29-16-14-28(11-6-3)15-17-29/h18-25,28-29,34-35,38H,4-17,26-27H2,1-3H3. The maximum Gasteiger partial charge on any atom is 0.338 e. The summed E-state index contributed by atoms with van der Waals surface area (Å²) < 4.78 is 22.6. The van der Waals surface area contributed by atoms with Crippen LogP contribution in [0.2, 0.25) is 0 Å². The molecule has 0 radical (unpaired) electrons. The van der Waals surface area contributed by atoms with Gasteiger partial charge in [0.05, 0.1) is 13.2 Å². The average Bonchev–Trinajstić information content (AvgIpc) is 3.51. The Morgan fingerprint density at radius 2 is 1.14 bits per heavy atom. The van der Waals surface area contributed by atoms with Crippen LogP contribution in [-0.4, -0.2) is 37.4 Å². The highest BCUT2D eigenvalue weighted by atomic mass is 16.8. The van der Waals surface area contributed by atoms with Gasteiger partial charge in [-0.1, -0.05) is 134 Å². The van der Waals surface area contributed by atoms with Crippen molar-refractivity contribution in [3.63, 3.8) is 0 Å². The minimum Gasteiger partial charge on any atom is -0.464 e. The highest BCUT2D eigenvalue weighted by Gasteiger charge is 2.47. The number of benzene rings is 2. The lowest BCUT2D eigenvalue weighted by Gasteiger charge is -2.28. The van der Waals surface area contributed by atoms with Crippen molar-refractivity contribution in [3.8, 4) is 11.1 Å². The maximum absolute atomic E-state index is 12.8. The first-order chi connectivity index (χ1) is 21.5. The number of hydrogen-bond acceptors (Lipinski definition) is 6. The molecule has 0 aromatic heterocycles. The van der Waals surface area contributed by atoms with Crippen molar-refractivity contribution in [2.45, 2.75) is 129 Å². The zero-order valence-electron chi connectivity index (χ0n) is 27.3. The third-order valence-electron chi connectivity index (χ3n) is 9.23. The zero-order valence-corrected chi connectivity index (χ0v) is 27.3. The van der Waals surface area contributed by atoms with E-state index < -0.39 is 30.4 Å². The van der Waals surface area contributed by atoms with E-state index in [4.69, 9.17) is 18.9 Å². The molecule has 1 heterocycles. The summed E-state index contributed by atoms with van der Waals surface area (Å²) >= 11 is 0. The number of carbonyl (C=O) groups excluding carboxylic acids is 2. The third-order valence-corrected chi connectivity index (χ3v) is 9.23. The summed E-state index contributed by atoms with van der Waals surface area (Å²) in [6, 6.07) is 16.8. The molecule has 44 heavy (non-hydrogen) atoms. The monoisotopic (exact) mass is 606 g/mol. The van der Waals surface area contributed by atoms with Gasteiger partial charge in [0.25, 0.3) is 0 Å². The van der Waals surface area contributed by atoms with Crippen LogP contribution >= 0.6 is 0 Å². The minimum absolute atomic E-state index is 0.283. The molecule has 2 unspecified atom stereocenters. The van der Waals surface area contributed by atoms with Gasteiger partial charge in [0.1, 0.15) is 0 Å². The Bertz CT molecular complexity index is 1090. The van der Waals surface area contributed by atoms with Crippen molar-refractivity contribution in [3.05, 3.63) is 59.7 Å². The largest absolute Gasteiger partial charge is 0.464 e. The molecule has 0 spiro atoms. The molecular weight excluding hydrogens is 552 g/mol. The lowest BCUT2D eigenvalue weighted by atomic mass is 9.78. The van der Waals surface area contributed by atoms with Gasteiger partial charge in [-0.05, 0) is 54.2 Å². The second kappa shape index (κ2) is 18.3. The molecule has 242 valence electrons. The molecule has 6 heteroatoms. The van der Waals surface area contributed by atoms with Crippen molar-refractivity contribution in [1.29, 1.82) is 0 Å². The van der Waals surface area contributed by atoms with Crippen LogP contribution in [0.1, 0.15) is 122 Å². The third kappa shape index (κ3) is 10.2. The quantitative estimate of drug-likeness (QED) is 0.132. The Morgan fingerprint density at radius 3 is 1.64 bits per heavy atom. The maximum atomic E-state index is 12.8. The van der Waals surface area contributed by atoms with E-state index in [1.807, 2.05) is 38.1 Å². The summed E-state index contributed by atoms with van der Waals surface area (Å²) in [5, 5.41) is 0. The fourth-order valence-electron chi connectivity index (χ4n) is 6.43. The lowest BCUT2D eigenvalue weighted by Crippen LogP contribution is -2.39. The van der Waals surface area contributed by atoms with Crippen LogP contribution in [0.5, 0.6) is 0 Å². The summed E-state index contributed by atoms with van der Waals surface area (Å²) in [7, 11) is 0. The van der Waals surface area contributed by atoms with Crippen LogP contribution < -0.4 is 0 Å². The van der Waals surface area contributed by atoms with Crippen LogP contribution in [0.25, 0.3) is 11.1 Å². The van der Waals surface area contributed by atoms with Crippen molar-refractivity contribution < 1.29 is 28.5 Å². The highest BCUT2D eigenvalue weighted by molar-refractivity contribution is 5.86. The lowest BCUT2D eigenvalue weighted by molar-refractivity contribution is -0.163. The number of rotatable bonds is 17. The molecule has 2 aromatic carbocycles. The van der Waals surface area contributed by atoms with Crippen LogP contribution in [0, 0.1) is 11.8 Å². The molecule has 0 amide bonds. The molecule has 1 aliphatic heterocycles. The van der Waals surface area contributed by atoms with Gasteiger partial charge in [-0.25, -0.2) is 9.59 Å². The molecule has 1 saturated heterocycles. The number of hydrogen-bond donors (Lipinski definition) is 0. The van der Waals surface area contributed by atoms with Crippen molar-refractivity contribution in [1.82, 2.24) is 0 Å². The SMILES string of the molecule is CCCCOC(=O)C1OC(c2ccc(-c3ccc(CCCCC4CCC(CCC)CC4)cc3)cc2)OC1C(=O)OCCCC. The van der Waals surface area contributed by atoms with Gasteiger partial charge in [-0.3, -0.25) is 0 Å². The van der Waals surface area contributed by atoms with Crippen LogP contribution in [-0.2, 0) is 35.0 Å². The van der Waals surface area contributed by atoms with Crippen molar-refractivity contribution in [2.24, 2.45) is 11.8 Å². The predicted molar refractivity (Wildman–Crippen MR) is 174 cm³/mol. The Morgan fingerprint density at radius 1 is 0.636 bits per heavy atom. The highest BCUT2D eigenvalue weighted by Crippen LogP contribution is 2.35. The van der Waals surface area contributed by atoms with E-state index in [2.05, 4.69) is 31.2 Å². The van der Waals surface area contributed by atoms with Gasteiger partial charge >= 0.3 is 11.9 Å². The topological polar surface area (TPSA) is 71.1 Å². The second-order valence-electron chi connectivity index (χ2n) is 12.7. The molecule has 2 aromatic rings. The first-order valence-corrected chi connectivity index (χ1v) is 17.4. The number of ether oxygens (including phenoxy) is 4. The van der Waals surface area contributed by atoms with E-state index in [1.165, 1.54) is 63.4 Å². The molecule has 4 rings (SSSR count). The molecule has 2 fully saturated rings. The number of esters is 2. The molecule has 1 saturated carbocycles. The zero-order chi connectivity index (χ0) is 31.1. The number of carbonyl (C=O) groups is 2. The van der Waals surface area contributed by atoms with E-state index in [0.29, 0.717) is 0 Å². The Balaban J connectivity index is 1.27. The number of unbranched alkanes of at least 4 members (excludes halogenated alkanes) is 3. The summed E-state index contributed by atoms with van der Waals surface area (Å²) in [5.74, 6) is 0.755. The van der Waals surface area contributed by atoms with E-state index >= 15 is 0 Å². The van der Waals surface area contributed by atoms with Crippen LogP contribution in [0.15, 0.2) is 48.5 Å². The van der Waals surface area contributed by atoms with Crippen molar-refractivity contribution >= 4 is 11.9 Å². The number of aryl methyl sites for hydroxylation is 1. The first-order valence-electron chi connectivity index (χ1n) is 17.4. The van der Waals surface area contributed by atoms with Gasteiger partial charge in [0.15, 0.2) is 18.5 Å². The van der Waals surface area contributed by atoms with Gasteiger partial charge in [0.2, 0.25) is 0 Å². The van der Waals surface area contributed by atoms with Crippen molar-refractivity contribution in [2.75, 3.05) is 13.2 Å². The van der Waals surface area contributed by atoms with E-state index in [0.717, 1.165) is 60.6 Å². The van der Waals surface area contributed by atoms with Gasteiger partial charge in [0, 0.05) is 5.56 Å². The Hall–Kier alpha value is -2.70. The molecular formula is C38H54O6. The molecule has 0 N–H and O–H groups in total. The molecule has 1 aliphatic carbocycles. The minimum atomic E-state index is -1.15. The van der Waals surface area contributed by atoms with Gasteiger partial charge in [-0.15, -0.1) is 0 Å². The van der Waals surface area contributed by atoms with Gasteiger partial charge < -0.3 is 18.9 Å². The predicted octanol–water partition coefficient (Wildman–Crippen LogP) is 9.14. The summed E-state index contributed by atoms with van der Waals surface area (Å²) in [4.78, 5) is 25.5. The molecule has 0 bridgehead atoms. The molecule has 2 aliphatic rings. The van der Waals surface area contributed by atoms with Crippen LogP contribution in [0.4, 0.5) is 0 Å². The fourth-order valence-corrected chi connectivity index (χ4v) is 6.43. The smallest absolute Gasteiger partial charge is 0.338 e.